The minimum atomic E-state index is -2.09. The first kappa shape index (κ1) is 53.9. The van der Waals surface area contributed by atoms with E-state index in [0.29, 0.717) is 25.3 Å². The molecule has 7 rings (SSSR count). The van der Waals surface area contributed by atoms with Crippen LogP contribution >= 0.6 is 0 Å². The maximum Gasteiger partial charge on any atom is 0.312 e. The van der Waals surface area contributed by atoms with Crippen LogP contribution in [0.3, 0.4) is 0 Å². The largest absolute Gasteiger partial charge is 0.507 e. The van der Waals surface area contributed by atoms with Crippen molar-refractivity contribution in [2.75, 3.05) is 30.8 Å². The number of hydrazone groups is 1. The van der Waals surface area contributed by atoms with E-state index >= 15 is 0 Å². The number of allylic oxidation sites excluding steroid dienone is 2. The molecule has 71 heavy (non-hydrogen) atoms. The van der Waals surface area contributed by atoms with Gasteiger partial charge >= 0.3 is 11.8 Å². The summed E-state index contributed by atoms with van der Waals surface area (Å²) in [4.78, 5) is 54.9. The maximum absolute atomic E-state index is 14.7. The van der Waals surface area contributed by atoms with Crippen LogP contribution in [0.1, 0.15) is 96.3 Å². The molecule has 3 aromatic carbocycles. The van der Waals surface area contributed by atoms with Crippen LogP contribution in [-0.2, 0) is 35.1 Å². The van der Waals surface area contributed by atoms with Crippen LogP contribution in [0, 0.1) is 30.6 Å². The van der Waals surface area contributed by atoms with Crippen molar-refractivity contribution in [3.8, 4) is 23.0 Å². The smallest absolute Gasteiger partial charge is 0.312 e. The van der Waals surface area contributed by atoms with Crippen molar-refractivity contribution in [1.82, 2.24) is 9.91 Å². The van der Waals surface area contributed by atoms with Gasteiger partial charge in [0.25, 0.3) is 11.7 Å². The number of ketones is 1. The molecule has 4 aliphatic rings. The molecule has 0 radical (unpaired) electrons. The van der Waals surface area contributed by atoms with Crippen molar-refractivity contribution in [3.05, 3.63) is 82.7 Å². The van der Waals surface area contributed by atoms with Gasteiger partial charge in [0.1, 0.15) is 23.4 Å². The Labute approximate surface area is 414 Å². The van der Waals surface area contributed by atoms with Gasteiger partial charge in [-0.2, -0.15) is 5.10 Å². The molecular formula is C53H69N5O13. The number of aliphatic hydroxyl groups excluding tert-OH is 2. The van der Waals surface area contributed by atoms with Gasteiger partial charge < -0.3 is 55.1 Å². The highest BCUT2D eigenvalue weighted by molar-refractivity contribution is 6.24. The number of carbonyl (C=O) groups excluding carboxylic acids is 4. The topological polar surface area (TPSA) is 249 Å². The van der Waals surface area contributed by atoms with Gasteiger partial charge in [-0.05, 0) is 51.5 Å². The molecule has 5 bridgehead atoms. The fourth-order valence-electron chi connectivity index (χ4n) is 9.93. The Morgan fingerprint density at radius 1 is 0.901 bits per heavy atom. The summed E-state index contributed by atoms with van der Waals surface area (Å²) in [6, 6.07) is 7.28. The highest BCUT2D eigenvalue weighted by Gasteiger charge is 2.50. The third kappa shape index (κ3) is 11.2. The second-order valence-corrected chi connectivity index (χ2v) is 19.5. The molecule has 0 aromatic heterocycles. The molecule has 3 aromatic rings. The van der Waals surface area contributed by atoms with Gasteiger partial charge in [0.05, 0.1) is 65.1 Å². The van der Waals surface area contributed by atoms with Crippen molar-refractivity contribution >= 4 is 51.9 Å². The number of nitrogens with zero attached hydrogens (tertiary/aromatic N) is 3. The van der Waals surface area contributed by atoms with E-state index in [0.717, 1.165) is 5.56 Å². The summed E-state index contributed by atoms with van der Waals surface area (Å²) >= 11 is 0. The van der Waals surface area contributed by atoms with E-state index in [1.165, 1.54) is 66.4 Å². The van der Waals surface area contributed by atoms with E-state index in [4.69, 9.17) is 24.0 Å². The monoisotopic (exact) mass is 983 g/mol. The number of hydrogen-bond donors (Lipinski definition) is 7. The molecule has 0 spiro atoms. The molecule has 18 nitrogen and oxygen atoms in total. The lowest BCUT2D eigenvalue weighted by molar-refractivity contribution is -0.160. The van der Waals surface area contributed by atoms with Crippen LogP contribution in [0.4, 0.5) is 11.4 Å². The summed E-state index contributed by atoms with van der Waals surface area (Å²) in [6.45, 7) is 19.8. The number of ether oxygens (including phenoxy) is 4. The second kappa shape index (κ2) is 21.9. The molecule has 4 aliphatic heterocycles. The van der Waals surface area contributed by atoms with E-state index < -0.39 is 88.8 Å². The second-order valence-electron chi connectivity index (χ2n) is 19.5. The number of amides is 2. The summed E-state index contributed by atoms with van der Waals surface area (Å²) in [6.07, 6.45) is 4.76. The summed E-state index contributed by atoms with van der Waals surface area (Å²) in [5.41, 5.74) is 1.25. The van der Waals surface area contributed by atoms with E-state index in [1.54, 1.807) is 39.8 Å². The third-order valence-electron chi connectivity index (χ3n) is 14.0. The Balaban J connectivity index is 1.45. The SMILES string of the molecule is COC1/C=C/OC2(C)Oc3c(C)c(O)c4c(O)c(c(/C=N\N5C(C)CN(Cc6ccc(NC(C)=O)cc6)CC5C)c(O)c4c3C2=O)NC(=O)/C(C)=C/C=C/C(C)C(O)C(C)C(O)C(C)C(OC(C)=O)C1C. The van der Waals surface area contributed by atoms with Gasteiger partial charge in [-0.15, -0.1) is 0 Å². The molecule has 1 saturated heterocycles. The molecule has 0 aliphatic carbocycles. The molecule has 11 unspecified atom stereocenters. The Morgan fingerprint density at radius 2 is 1.55 bits per heavy atom. The number of anilines is 2. The summed E-state index contributed by atoms with van der Waals surface area (Å²) < 4.78 is 23.8. The first-order valence-corrected chi connectivity index (χ1v) is 23.9. The van der Waals surface area contributed by atoms with Crippen LogP contribution in [-0.4, -0.2) is 128 Å². The molecule has 384 valence electrons. The zero-order valence-electron chi connectivity index (χ0n) is 42.5. The van der Waals surface area contributed by atoms with E-state index in [-0.39, 0.29) is 62.5 Å². The maximum atomic E-state index is 14.7. The van der Waals surface area contributed by atoms with Crippen molar-refractivity contribution in [2.45, 2.75) is 125 Å². The number of piperazine rings is 1. The van der Waals surface area contributed by atoms with Gasteiger partial charge in [-0.3, -0.25) is 29.1 Å². The summed E-state index contributed by atoms with van der Waals surface area (Å²) in [5.74, 6) is -8.81. The van der Waals surface area contributed by atoms with Crippen LogP contribution in [0.25, 0.3) is 10.8 Å². The minimum absolute atomic E-state index is 0.0344. The zero-order chi connectivity index (χ0) is 52.4. The Kier molecular flexibility index (Phi) is 16.6. The lowest BCUT2D eigenvalue weighted by Crippen LogP contribution is -2.54. The van der Waals surface area contributed by atoms with E-state index in [2.05, 4.69) is 15.5 Å². The number of rotatable bonds is 7. The summed E-state index contributed by atoms with van der Waals surface area (Å²) in [5, 5.41) is 71.0. The number of benzene rings is 3. The zero-order valence-corrected chi connectivity index (χ0v) is 42.5. The van der Waals surface area contributed by atoms with Crippen LogP contribution in [0.5, 0.6) is 23.0 Å². The number of hydrogen-bond acceptors (Lipinski definition) is 16. The predicted octanol–water partition coefficient (Wildman–Crippen LogP) is 6.64. The fraction of sp³-hybridized carbons (Fsp3) is 0.491. The molecule has 0 saturated carbocycles. The standard InChI is InChI=1S/C53H69N5O13/c1-26-14-13-15-27(2)52(67)56-43-38(22-54-58-28(3)23-57(24-29(58)4)25-36-16-18-37(19-17-36)55-34(9)59)47(64)40-41(48(43)65)46(63)33(8)50-42(40)51(66)53(11,71-50)69-21-20-39(68-12)30(5)49(70-35(10)60)32(7)45(62)31(6)44(26)61/h13-22,26,28-32,39,44-45,49,61-65H,23-25H2,1-12H3,(H,55,59)(H,56,67)/b14-13+,21-20+,27-15+,54-22-. The number of fused-ring (bicyclic) bond motifs is 14. The Hall–Kier alpha value is -6.47. The number of carbonyl (C=O) groups is 4. The van der Waals surface area contributed by atoms with Crippen molar-refractivity contribution in [3.63, 3.8) is 0 Å². The van der Waals surface area contributed by atoms with Gasteiger partial charge in [-0.1, -0.05) is 58.1 Å². The number of aliphatic hydroxyl groups is 2. The van der Waals surface area contributed by atoms with Crippen molar-refractivity contribution < 1.29 is 63.7 Å². The van der Waals surface area contributed by atoms with Crippen molar-refractivity contribution in [2.24, 2.45) is 28.8 Å². The normalized spacial score (nSPS) is 30.6. The van der Waals surface area contributed by atoms with Crippen molar-refractivity contribution in [1.29, 1.82) is 0 Å². The number of phenols is 3. The molecule has 1 fully saturated rings. The Morgan fingerprint density at radius 3 is 2.15 bits per heavy atom. The molecule has 7 N–H and O–H groups in total. The van der Waals surface area contributed by atoms with E-state index in [1.807, 2.05) is 43.1 Å². The lowest BCUT2D eigenvalue weighted by atomic mass is 9.78. The minimum Gasteiger partial charge on any atom is -0.507 e. The van der Waals surface area contributed by atoms with Gasteiger partial charge in [0.15, 0.2) is 5.75 Å². The number of Topliss-reactive ketones (excluding diaryl/α,β-unsaturated/α-hetero) is 1. The molecule has 11 atom stereocenters. The molecule has 18 heteroatoms. The average molecular weight is 984 g/mol. The lowest BCUT2D eigenvalue weighted by Gasteiger charge is -2.42. The van der Waals surface area contributed by atoms with Crippen LogP contribution < -0.4 is 15.4 Å². The number of nitrogens with one attached hydrogen (secondary N) is 2. The Bertz CT molecular complexity index is 2630. The number of aromatic hydroxyl groups is 3. The molecular weight excluding hydrogens is 915 g/mol. The predicted molar refractivity (Wildman–Crippen MR) is 268 cm³/mol. The number of methoxy groups -OCH3 is 1. The fourth-order valence-corrected chi connectivity index (χ4v) is 9.93. The average Bonchev–Trinajstić information content (AvgIpc) is 3.58. The van der Waals surface area contributed by atoms with Gasteiger partial charge in [0.2, 0.25) is 5.91 Å². The van der Waals surface area contributed by atoms with Gasteiger partial charge in [-0.25, -0.2) is 0 Å². The van der Waals surface area contributed by atoms with Gasteiger partial charge in [0, 0.05) is 93.4 Å². The number of esters is 1. The van der Waals surface area contributed by atoms with Crippen LogP contribution in [0.15, 0.2) is 65.5 Å². The first-order chi connectivity index (χ1) is 33.4. The number of phenolic OH excluding ortho intramolecular Hbond substituents is 3. The summed E-state index contributed by atoms with van der Waals surface area (Å²) in [7, 11) is 1.43. The molecule has 2 amide bonds. The van der Waals surface area contributed by atoms with E-state index in [9.17, 15) is 44.7 Å². The molecule has 4 heterocycles. The highest BCUT2D eigenvalue weighted by Crippen LogP contribution is 2.55. The highest BCUT2D eigenvalue weighted by atomic mass is 16.7. The first-order valence-electron chi connectivity index (χ1n) is 23.9. The van der Waals surface area contributed by atoms with Crippen LogP contribution in [0.2, 0.25) is 0 Å². The quantitative estimate of drug-likeness (QED) is 0.0567. The third-order valence-corrected chi connectivity index (χ3v) is 14.0.